The van der Waals surface area contributed by atoms with E-state index in [2.05, 4.69) is 10.3 Å². The van der Waals surface area contributed by atoms with Gasteiger partial charge in [0.1, 0.15) is 0 Å². The van der Waals surface area contributed by atoms with Crippen LogP contribution in [0.3, 0.4) is 0 Å². The summed E-state index contributed by atoms with van der Waals surface area (Å²) >= 11 is 1.28. The molecule has 0 unspecified atom stereocenters. The fourth-order valence-corrected chi connectivity index (χ4v) is 3.30. The first-order valence-electron chi connectivity index (χ1n) is 7.91. The van der Waals surface area contributed by atoms with Crippen LogP contribution in [0.4, 0.5) is 13.2 Å². The van der Waals surface area contributed by atoms with Crippen molar-refractivity contribution in [3.8, 4) is 16.3 Å². The molecule has 0 saturated carbocycles. The van der Waals surface area contributed by atoms with Gasteiger partial charge in [-0.1, -0.05) is 12.1 Å². The van der Waals surface area contributed by atoms with Gasteiger partial charge in [-0.25, -0.2) is 4.98 Å². The number of hydrogen-bond acceptors (Lipinski definition) is 4. The molecule has 0 saturated heterocycles. The summed E-state index contributed by atoms with van der Waals surface area (Å²) in [5.74, 6) is 0.152. The number of alkyl halides is 3. The van der Waals surface area contributed by atoms with Crippen molar-refractivity contribution >= 4 is 17.2 Å². The largest absolute Gasteiger partial charge is 0.481 e. The number of nitrogens with zero attached hydrogens (tertiary/aromatic N) is 1. The summed E-state index contributed by atoms with van der Waals surface area (Å²) in [6.07, 6.45) is -2.76. The number of aromatic nitrogens is 1. The van der Waals surface area contributed by atoms with Gasteiger partial charge in [0, 0.05) is 29.2 Å². The van der Waals surface area contributed by atoms with E-state index in [1.807, 2.05) is 6.07 Å². The highest BCUT2D eigenvalue weighted by molar-refractivity contribution is 7.17. The number of halogens is 3. The lowest BCUT2D eigenvalue weighted by Gasteiger charge is -2.09. The van der Waals surface area contributed by atoms with Crippen LogP contribution >= 0.6 is 11.3 Å². The molecule has 2 heterocycles. The first-order chi connectivity index (χ1) is 12.9. The van der Waals surface area contributed by atoms with E-state index in [1.54, 1.807) is 30.5 Å². The summed E-state index contributed by atoms with van der Waals surface area (Å²) < 4.78 is 43.2. The Bertz CT molecular complexity index is 937. The van der Waals surface area contributed by atoms with Crippen molar-refractivity contribution < 1.29 is 22.7 Å². The standard InChI is InChI=1S/C19H15F3N2O2S/c1-26-17-8-5-13(11-23-17)15-6-7-16(27-15)18(25)24-10-12-3-2-4-14(9-12)19(20,21)22/h2-9,11H,10H2,1H3,(H,24,25). The van der Waals surface area contributed by atoms with Crippen LogP contribution in [0.1, 0.15) is 20.8 Å². The number of pyridine rings is 1. The summed E-state index contributed by atoms with van der Waals surface area (Å²) in [4.78, 5) is 17.7. The van der Waals surface area contributed by atoms with E-state index in [-0.39, 0.29) is 12.5 Å². The predicted octanol–water partition coefficient (Wildman–Crippen LogP) is 4.77. The van der Waals surface area contributed by atoms with Crippen LogP contribution in [0.5, 0.6) is 5.88 Å². The zero-order valence-electron chi connectivity index (χ0n) is 14.2. The Balaban J connectivity index is 1.66. The second-order valence-electron chi connectivity index (χ2n) is 5.63. The smallest absolute Gasteiger partial charge is 0.416 e. The summed E-state index contributed by atoms with van der Waals surface area (Å²) in [6.45, 7) is 0.0140. The van der Waals surface area contributed by atoms with Crippen molar-refractivity contribution in [3.05, 3.63) is 70.7 Å². The lowest BCUT2D eigenvalue weighted by Crippen LogP contribution is -2.22. The zero-order chi connectivity index (χ0) is 19.4. The Kier molecular flexibility index (Phi) is 5.46. The van der Waals surface area contributed by atoms with Crippen LogP contribution in [0.15, 0.2) is 54.7 Å². The molecule has 0 atom stereocenters. The van der Waals surface area contributed by atoms with Crippen LogP contribution in [0.2, 0.25) is 0 Å². The molecule has 0 aliphatic heterocycles. The molecule has 3 rings (SSSR count). The number of ether oxygens (including phenoxy) is 1. The third-order valence-corrected chi connectivity index (χ3v) is 4.90. The fourth-order valence-electron chi connectivity index (χ4n) is 2.39. The Labute approximate surface area is 157 Å². The lowest BCUT2D eigenvalue weighted by molar-refractivity contribution is -0.137. The third kappa shape index (κ3) is 4.65. The van der Waals surface area contributed by atoms with E-state index in [0.717, 1.165) is 22.6 Å². The zero-order valence-corrected chi connectivity index (χ0v) is 15.0. The predicted molar refractivity (Wildman–Crippen MR) is 96.7 cm³/mol. The van der Waals surface area contributed by atoms with Crippen LogP contribution in [-0.2, 0) is 12.7 Å². The Hall–Kier alpha value is -2.87. The molecule has 2 aromatic heterocycles. The van der Waals surface area contributed by atoms with Gasteiger partial charge in [0.15, 0.2) is 0 Å². The highest BCUT2D eigenvalue weighted by atomic mass is 32.1. The van der Waals surface area contributed by atoms with Gasteiger partial charge in [0.05, 0.1) is 17.6 Å². The molecule has 0 spiro atoms. The molecule has 140 valence electrons. The van der Waals surface area contributed by atoms with Gasteiger partial charge in [-0.15, -0.1) is 11.3 Å². The Morgan fingerprint density at radius 1 is 1.19 bits per heavy atom. The van der Waals surface area contributed by atoms with Gasteiger partial charge in [0.2, 0.25) is 5.88 Å². The summed E-state index contributed by atoms with van der Waals surface area (Å²) in [7, 11) is 1.53. The molecule has 0 aliphatic carbocycles. The van der Waals surface area contributed by atoms with Crippen LogP contribution in [-0.4, -0.2) is 18.0 Å². The van der Waals surface area contributed by atoms with Crippen molar-refractivity contribution in [2.75, 3.05) is 7.11 Å². The molecule has 1 N–H and O–H groups in total. The number of hydrogen-bond donors (Lipinski definition) is 1. The second-order valence-corrected chi connectivity index (χ2v) is 6.72. The molecule has 0 fully saturated rings. The number of benzene rings is 1. The average Bonchev–Trinajstić information content (AvgIpc) is 3.16. The van der Waals surface area contributed by atoms with Crippen molar-refractivity contribution in [2.45, 2.75) is 12.7 Å². The summed E-state index contributed by atoms with van der Waals surface area (Å²) in [5, 5.41) is 2.65. The van der Waals surface area contributed by atoms with Gasteiger partial charge >= 0.3 is 6.18 Å². The minimum absolute atomic E-state index is 0.0140. The maximum atomic E-state index is 12.7. The van der Waals surface area contributed by atoms with Crippen molar-refractivity contribution in [1.82, 2.24) is 10.3 Å². The average molecular weight is 392 g/mol. The highest BCUT2D eigenvalue weighted by Crippen LogP contribution is 2.30. The van der Waals surface area contributed by atoms with Crippen molar-refractivity contribution in [2.24, 2.45) is 0 Å². The molecule has 0 bridgehead atoms. The molecule has 0 aliphatic rings. The van der Waals surface area contributed by atoms with Crippen molar-refractivity contribution in [3.63, 3.8) is 0 Å². The van der Waals surface area contributed by atoms with Gasteiger partial charge in [-0.05, 0) is 35.9 Å². The summed E-state index contributed by atoms with van der Waals surface area (Å²) in [5.41, 5.74) is 0.492. The molecule has 8 heteroatoms. The second kappa shape index (κ2) is 7.79. The first kappa shape index (κ1) is 18.9. The number of carbonyl (C=O) groups excluding carboxylic acids is 1. The lowest BCUT2D eigenvalue weighted by atomic mass is 10.1. The molecule has 1 amide bonds. The molecular formula is C19H15F3N2O2S. The first-order valence-corrected chi connectivity index (χ1v) is 8.73. The minimum Gasteiger partial charge on any atom is -0.481 e. The van der Waals surface area contributed by atoms with Gasteiger partial charge in [0.25, 0.3) is 5.91 Å². The van der Waals surface area contributed by atoms with Crippen LogP contribution in [0.25, 0.3) is 10.4 Å². The SMILES string of the molecule is COc1ccc(-c2ccc(C(=O)NCc3cccc(C(F)(F)F)c3)s2)cn1. The molecule has 4 nitrogen and oxygen atoms in total. The number of amides is 1. The highest BCUT2D eigenvalue weighted by Gasteiger charge is 2.30. The van der Waals surface area contributed by atoms with E-state index >= 15 is 0 Å². The number of carbonyl (C=O) groups is 1. The molecular weight excluding hydrogens is 377 g/mol. The number of rotatable bonds is 5. The van der Waals surface area contributed by atoms with Gasteiger partial charge < -0.3 is 10.1 Å². The van der Waals surface area contributed by atoms with Gasteiger partial charge in [-0.2, -0.15) is 13.2 Å². The summed E-state index contributed by atoms with van der Waals surface area (Å²) in [6, 6.07) is 11.9. The monoisotopic (exact) mass is 392 g/mol. The molecule has 3 aromatic rings. The van der Waals surface area contributed by atoms with Crippen LogP contribution < -0.4 is 10.1 Å². The topological polar surface area (TPSA) is 51.2 Å². The molecule has 0 radical (unpaired) electrons. The van der Waals surface area contributed by atoms with E-state index in [9.17, 15) is 18.0 Å². The van der Waals surface area contributed by atoms with E-state index in [1.165, 1.54) is 24.5 Å². The van der Waals surface area contributed by atoms with E-state index in [4.69, 9.17) is 4.74 Å². The maximum absolute atomic E-state index is 12.7. The number of thiophene rings is 1. The third-order valence-electron chi connectivity index (χ3n) is 3.77. The molecule has 1 aromatic carbocycles. The quantitative estimate of drug-likeness (QED) is 0.681. The Morgan fingerprint density at radius 3 is 2.67 bits per heavy atom. The maximum Gasteiger partial charge on any atom is 0.416 e. The van der Waals surface area contributed by atoms with E-state index < -0.39 is 11.7 Å². The normalized spacial score (nSPS) is 11.3. The van der Waals surface area contributed by atoms with E-state index in [0.29, 0.717) is 16.3 Å². The van der Waals surface area contributed by atoms with Crippen LogP contribution in [0, 0.1) is 0 Å². The van der Waals surface area contributed by atoms with Crippen molar-refractivity contribution in [1.29, 1.82) is 0 Å². The number of methoxy groups -OCH3 is 1. The Morgan fingerprint density at radius 2 is 2.00 bits per heavy atom. The number of nitrogens with one attached hydrogen (secondary N) is 1. The minimum atomic E-state index is -4.41. The fraction of sp³-hybridized carbons (Fsp3) is 0.158. The molecule has 27 heavy (non-hydrogen) atoms. The van der Waals surface area contributed by atoms with Gasteiger partial charge in [-0.3, -0.25) is 4.79 Å².